The summed E-state index contributed by atoms with van der Waals surface area (Å²) in [5, 5.41) is 3.53. The molecule has 3 N–H and O–H groups in total. The molecule has 1 fully saturated rings. The molecule has 0 bridgehead atoms. The van der Waals surface area contributed by atoms with Crippen LogP contribution >= 0.6 is 0 Å². The van der Waals surface area contributed by atoms with Crippen LogP contribution in [0.5, 0.6) is 0 Å². The Morgan fingerprint density at radius 3 is 3.00 bits per heavy atom. The molecule has 0 saturated heterocycles. The highest BCUT2D eigenvalue weighted by molar-refractivity contribution is 4.83. The van der Waals surface area contributed by atoms with Crippen molar-refractivity contribution in [1.29, 1.82) is 0 Å². The topological polar surface area (TPSA) is 47.3 Å². The summed E-state index contributed by atoms with van der Waals surface area (Å²) in [6.45, 7) is 6.99. The van der Waals surface area contributed by atoms with Gasteiger partial charge in [0.2, 0.25) is 0 Å². The van der Waals surface area contributed by atoms with Gasteiger partial charge >= 0.3 is 0 Å². The van der Waals surface area contributed by atoms with E-state index in [2.05, 4.69) is 11.9 Å². The van der Waals surface area contributed by atoms with Gasteiger partial charge in [-0.15, -0.1) is 6.58 Å². The summed E-state index contributed by atoms with van der Waals surface area (Å²) < 4.78 is 5.44. The normalized spacial score (nSPS) is 25.7. The van der Waals surface area contributed by atoms with E-state index in [1.54, 1.807) is 0 Å². The minimum Gasteiger partial charge on any atom is -0.380 e. The Bertz CT molecular complexity index is 173. The van der Waals surface area contributed by atoms with Gasteiger partial charge in [-0.1, -0.05) is 12.5 Å². The average Bonchev–Trinajstić information content (AvgIpc) is 2.70. The Morgan fingerprint density at radius 2 is 2.27 bits per heavy atom. The molecular weight excluding hydrogens is 188 g/mol. The van der Waals surface area contributed by atoms with E-state index in [0.29, 0.717) is 12.0 Å². The van der Waals surface area contributed by atoms with Crippen LogP contribution in [0.3, 0.4) is 0 Å². The Morgan fingerprint density at radius 1 is 1.40 bits per heavy atom. The fourth-order valence-corrected chi connectivity index (χ4v) is 2.17. The maximum Gasteiger partial charge on any atom is 0.0591 e. The monoisotopic (exact) mass is 212 g/mol. The first-order valence-corrected chi connectivity index (χ1v) is 6.00. The first kappa shape index (κ1) is 12.7. The minimum atomic E-state index is 0.623. The second-order valence-electron chi connectivity index (χ2n) is 4.18. The summed E-state index contributed by atoms with van der Waals surface area (Å²) in [6.07, 6.45) is 6.70. The van der Waals surface area contributed by atoms with E-state index in [1.165, 1.54) is 19.3 Å². The fraction of sp³-hybridized carbons (Fsp3) is 0.833. The lowest BCUT2D eigenvalue weighted by atomic mass is 10.0. The number of nitrogens with two attached hydrogens (primary N) is 1. The van der Waals surface area contributed by atoms with E-state index >= 15 is 0 Å². The van der Waals surface area contributed by atoms with Crippen molar-refractivity contribution in [2.75, 3.05) is 26.3 Å². The van der Waals surface area contributed by atoms with Gasteiger partial charge < -0.3 is 15.8 Å². The largest absolute Gasteiger partial charge is 0.380 e. The zero-order valence-electron chi connectivity index (χ0n) is 9.58. The molecule has 1 aliphatic rings. The molecule has 1 rings (SSSR count). The third-order valence-electron chi connectivity index (χ3n) is 3.08. The predicted octanol–water partition coefficient (Wildman–Crippen LogP) is 1.30. The Labute approximate surface area is 93.1 Å². The lowest BCUT2D eigenvalue weighted by Gasteiger charge is -2.19. The van der Waals surface area contributed by atoms with Crippen LogP contribution in [0.2, 0.25) is 0 Å². The van der Waals surface area contributed by atoms with Gasteiger partial charge in [0.1, 0.15) is 0 Å². The highest BCUT2D eigenvalue weighted by atomic mass is 16.5. The van der Waals surface area contributed by atoms with Gasteiger partial charge in [0.25, 0.3) is 0 Å². The molecule has 0 aromatic rings. The van der Waals surface area contributed by atoms with E-state index in [-0.39, 0.29) is 0 Å². The first-order valence-electron chi connectivity index (χ1n) is 6.00. The van der Waals surface area contributed by atoms with E-state index in [0.717, 1.165) is 32.7 Å². The molecule has 0 radical (unpaired) electrons. The van der Waals surface area contributed by atoms with Gasteiger partial charge in [-0.2, -0.15) is 0 Å². The quantitative estimate of drug-likeness (QED) is 0.471. The summed E-state index contributed by atoms with van der Waals surface area (Å²) in [5.41, 5.74) is 5.71. The van der Waals surface area contributed by atoms with Gasteiger partial charge in [0, 0.05) is 12.6 Å². The van der Waals surface area contributed by atoms with Crippen molar-refractivity contribution in [2.24, 2.45) is 11.7 Å². The number of nitrogens with one attached hydrogen (secondary N) is 1. The molecule has 1 aliphatic carbocycles. The van der Waals surface area contributed by atoms with Crippen LogP contribution in [0.15, 0.2) is 12.7 Å². The van der Waals surface area contributed by atoms with Crippen LogP contribution in [0.1, 0.15) is 25.7 Å². The van der Waals surface area contributed by atoms with Crippen LogP contribution in [-0.4, -0.2) is 32.3 Å². The Kier molecular flexibility index (Phi) is 6.64. The second-order valence-corrected chi connectivity index (χ2v) is 4.18. The lowest BCUT2D eigenvalue weighted by molar-refractivity contribution is 0.137. The molecule has 15 heavy (non-hydrogen) atoms. The van der Waals surface area contributed by atoms with E-state index in [4.69, 9.17) is 10.5 Å². The fourth-order valence-electron chi connectivity index (χ4n) is 2.17. The highest BCUT2D eigenvalue weighted by Crippen LogP contribution is 2.24. The summed E-state index contributed by atoms with van der Waals surface area (Å²) in [4.78, 5) is 0. The van der Waals surface area contributed by atoms with Crippen LogP contribution in [0.25, 0.3) is 0 Å². The third-order valence-corrected chi connectivity index (χ3v) is 3.08. The average molecular weight is 212 g/mol. The zero-order valence-corrected chi connectivity index (χ0v) is 9.58. The molecule has 2 unspecified atom stereocenters. The van der Waals surface area contributed by atoms with Crippen molar-refractivity contribution in [3.05, 3.63) is 12.7 Å². The first-order chi connectivity index (χ1) is 7.38. The van der Waals surface area contributed by atoms with Gasteiger partial charge in [0.15, 0.2) is 0 Å². The molecule has 3 nitrogen and oxygen atoms in total. The van der Waals surface area contributed by atoms with Crippen molar-refractivity contribution in [3.63, 3.8) is 0 Å². The van der Waals surface area contributed by atoms with Gasteiger partial charge in [0.05, 0.1) is 13.2 Å². The second kappa shape index (κ2) is 7.85. The van der Waals surface area contributed by atoms with Crippen molar-refractivity contribution in [2.45, 2.75) is 31.7 Å². The van der Waals surface area contributed by atoms with Crippen LogP contribution < -0.4 is 11.1 Å². The lowest BCUT2D eigenvalue weighted by Crippen LogP contribution is -2.37. The minimum absolute atomic E-state index is 0.623. The van der Waals surface area contributed by atoms with E-state index in [9.17, 15) is 0 Å². The summed E-state index contributed by atoms with van der Waals surface area (Å²) in [7, 11) is 0. The van der Waals surface area contributed by atoms with Gasteiger partial charge in [-0.25, -0.2) is 0 Å². The van der Waals surface area contributed by atoms with Crippen molar-refractivity contribution in [3.8, 4) is 0 Å². The van der Waals surface area contributed by atoms with Crippen molar-refractivity contribution in [1.82, 2.24) is 5.32 Å². The molecule has 88 valence electrons. The maximum absolute atomic E-state index is 5.71. The molecule has 0 amide bonds. The zero-order chi connectivity index (χ0) is 10.9. The number of rotatable bonds is 8. The smallest absolute Gasteiger partial charge is 0.0591 e. The molecule has 0 aromatic carbocycles. The van der Waals surface area contributed by atoms with Crippen LogP contribution in [0.4, 0.5) is 0 Å². The van der Waals surface area contributed by atoms with E-state index < -0.39 is 0 Å². The molecular formula is C12H24N2O. The molecule has 1 saturated carbocycles. The number of ether oxygens (including phenoxy) is 1. The van der Waals surface area contributed by atoms with Crippen LogP contribution in [0, 0.1) is 5.92 Å². The third kappa shape index (κ3) is 4.78. The highest BCUT2D eigenvalue weighted by Gasteiger charge is 2.24. The van der Waals surface area contributed by atoms with Crippen LogP contribution in [-0.2, 0) is 4.74 Å². The number of hydrogen-bond acceptors (Lipinski definition) is 3. The molecule has 3 heteroatoms. The maximum atomic E-state index is 5.71. The summed E-state index contributed by atoms with van der Waals surface area (Å²) in [6, 6.07) is 0.623. The number of hydrogen-bond donors (Lipinski definition) is 2. The molecule has 2 atom stereocenters. The predicted molar refractivity (Wildman–Crippen MR) is 63.8 cm³/mol. The molecule has 0 spiro atoms. The van der Waals surface area contributed by atoms with E-state index in [1.807, 2.05) is 6.08 Å². The molecule has 0 heterocycles. The summed E-state index contributed by atoms with van der Waals surface area (Å²) in [5.74, 6) is 0.679. The molecule has 0 aliphatic heterocycles. The Hall–Kier alpha value is -0.380. The van der Waals surface area contributed by atoms with Crippen molar-refractivity contribution < 1.29 is 4.74 Å². The molecule has 0 aromatic heterocycles. The SMILES string of the molecule is C=CCCOCCNC1CCCC1CN. The Balaban J connectivity index is 1.97. The van der Waals surface area contributed by atoms with Crippen molar-refractivity contribution >= 4 is 0 Å². The van der Waals surface area contributed by atoms with Gasteiger partial charge in [-0.3, -0.25) is 0 Å². The van der Waals surface area contributed by atoms with Gasteiger partial charge in [-0.05, 0) is 31.7 Å². The standard InChI is InChI=1S/C12H24N2O/c1-2-3-8-15-9-7-14-12-6-4-5-11(12)10-13/h2,11-12,14H,1,3-10,13H2. The summed E-state index contributed by atoms with van der Waals surface area (Å²) >= 11 is 0.